The lowest BCUT2D eigenvalue weighted by molar-refractivity contribution is -0.137. The van der Waals surface area contributed by atoms with Gasteiger partial charge in [-0.25, -0.2) is 0 Å². The third-order valence-electron chi connectivity index (χ3n) is 3.49. The van der Waals surface area contributed by atoms with Crippen LogP contribution in [0.15, 0.2) is 53.2 Å². The van der Waals surface area contributed by atoms with E-state index in [9.17, 15) is 18.0 Å². The van der Waals surface area contributed by atoms with Gasteiger partial charge in [0.05, 0.1) is 5.56 Å². The van der Waals surface area contributed by atoms with E-state index < -0.39 is 17.6 Å². The summed E-state index contributed by atoms with van der Waals surface area (Å²) in [5.41, 5.74) is 0.0668. The molecular weight excluding hydrogens is 349 g/mol. The molecule has 0 aliphatic carbocycles. The van der Waals surface area contributed by atoms with E-state index in [1.165, 1.54) is 0 Å². The van der Waals surface area contributed by atoms with Crippen LogP contribution in [0.5, 0.6) is 0 Å². The first-order valence-electron chi connectivity index (χ1n) is 7.62. The Balaban J connectivity index is 1.53. The van der Waals surface area contributed by atoms with Gasteiger partial charge in [-0.15, -0.1) is 10.2 Å². The molecule has 0 bridgehead atoms. The van der Waals surface area contributed by atoms with Gasteiger partial charge in [0.15, 0.2) is 0 Å². The Hall–Kier alpha value is -3.23. The van der Waals surface area contributed by atoms with Crippen molar-refractivity contribution < 1.29 is 22.4 Å². The van der Waals surface area contributed by atoms with Crippen molar-refractivity contribution in [3.8, 4) is 11.5 Å². The topological polar surface area (TPSA) is 80.9 Å². The minimum absolute atomic E-state index is 0.140. The number of halogens is 3. The molecule has 0 unspecified atom stereocenters. The van der Waals surface area contributed by atoms with Gasteiger partial charge in [0.25, 0.3) is 5.91 Å². The molecule has 1 aromatic carbocycles. The van der Waals surface area contributed by atoms with Gasteiger partial charge in [0, 0.05) is 36.5 Å². The summed E-state index contributed by atoms with van der Waals surface area (Å²) in [5.74, 6) is 0.202. The number of benzene rings is 1. The van der Waals surface area contributed by atoms with Gasteiger partial charge in [0.1, 0.15) is 0 Å². The monoisotopic (exact) mass is 362 g/mol. The predicted molar refractivity (Wildman–Crippen MR) is 85.0 cm³/mol. The Morgan fingerprint density at radius 1 is 1.04 bits per heavy atom. The fourth-order valence-corrected chi connectivity index (χ4v) is 2.16. The third-order valence-corrected chi connectivity index (χ3v) is 3.49. The number of amides is 1. The van der Waals surface area contributed by atoms with E-state index in [2.05, 4.69) is 20.5 Å². The van der Waals surface area contributed by atoms with Crippen LogP contribution in [0.2, 0.25) is 0 Å². The van der Waals surface area contributed by atoms with Crippen LogP contribution in [0, 0.1) is 0 Å². The van der Waals surface area contributed by atoms with Gasteiger partial charge in [-0.1, -0.05) is 0 Å². The molecule has 0 aliphatic heterocycles. The first-order chi connectivity index (χ1) is 12.4. The van der Waals surface area contributed by atoms with Gasteiger partial charge in [-0.3, -0.25) is 9.78 Å². The SMILES string of the molecule is O=C(NCCc1nnc(-c2ccncc2)o1)c1ccc(C(F)(F)F)cc1. The number of alkyl halides is 3. The summed E-state index contributed by atoms with van der Waals surface area (Å²) in [5, 5.41) is 10.4. The predicted octanol–water partition coefficient (Wildman–Crippen LogP) is 3.12. The van der Waals surface area contributed by atoms with E-state index in [1.54, 1.807) is 24.5 Å². The average Bonchev–Trinajstić information content (AvgIpc) is 3.11. The maximum Gasteiger partial charge on any atom is 0.416 e. The van der Waals surface area contributed by atoms with Crippen LogP contribution < -0.4 is 5.32 Å². The van der Waals surface area contributed by atoms with Crippen LogP contribution in [-0.4, -0.2) is 27.6 Å². The van der Waals surface area contributed by atoms with E-state index in [-0.39, 0.29) is 12.1 Å². The number of carbonyl (C=O) groups is 1. The normalized spacial score (nSPS) is 11.3. The van der Waals surface area contributed by atoms with Gasteiger partial charge < -0.3 is 9.73 Å². The molecule has 0 saturated heterocycles. The molecule has 26 heavy (non-hydrogen) atoms. The Morgan fingerprint density at radius 2 is 1.73 bits per heavy atom. The molecule has 1 amide bonds. The maximum absolute atomic E-state index is 12.5. The minimum atomic E-state index is -4.43. The van der Waals surface area contributed by atoms with E-state index >= 15 is 0 Å². The molecule has 0 aliphatic rings. The van der Waals surface area contributed by atoms with Crippen LogP contribution in [0.25, 0.3) is 11.5 Å². The third kappa shape index (κ3) is 4.24. The standard InChI is InChI=1S/C17H13F3N4O2/c18-17(19,20)13-3-1-11(2-4-13)15(25)22-10-7-14-23-24-16(26-14)12-5-8-21-9-6-12/h1-6,8-9H,7,10H2,(H,22,25). The summed E-state index contributed by atoms with van der Waals surface area (Å²) in [7, 11) is 0. The lowest BCUT2D eigenvalue weighted by Gasteiger charge is -2.07. The number of pyridine rings is 1. The first kappa shape index (κ1) is 17.6. The van der Waals surface area contributed by atoms with Crippen LogP contribution >= 0.6 is 0 Å². The fourth-order valence-electron chi connectivity index (χ4n) is 2.16. The number of nitrogens with zero attached hydrogens (tertiary/aromatic N) is 3. The molecule has 134 valence electrons. The second kappa shape index (κ2) is 7.34. The highest BCUT2D eigenvalue weighted by atomic mass is 19.4. The molecule has 3 aromatic rings. The number of rotatable bonds is 5. The summed E-state index contributed by atoms with van der Waals surface area (Å²) >= 11 is 0. The fraction of sp³-hybridized carbons (Fsp3) is 0.176. The minimum Gasteiger partial charge on any atom is -0.421 e. The molecular formula is C17H13F3N4O2. The zero-order valence-corrected chi connectivity index (χ0v) is 13.3. The number of hydrogen-bond acceptors (Lipinski definition) is 5. The van der Waals surface area contributed by atoms with Gasteiger partial charge in [-0.05, 0) is 36.4 Å². The first-order valence-corrected chi connectivity index (χ1v) is 7.62. The number of aromatic nitrogens is 3. The molecule has 0 fully saturated rings. The number of carbonyl (C=O) groups excluding carboxylic acids is 1. The molecule has 9 heteroatoms. The Labute approximate surface area is 146 Å². The quantitative estimate of drug-likeness (QED) is 0.754. The molecule has 2 aromatic heterocycles. The Kier molecular flexibility index (Phi) is 4.97. The largest absolute Gasteiger partial charge is 0.421 e. The van der Waals surface area contributed by atoms with Crippen LogP contribution in [0.4, 0.5) is 13.2 Å². The van der Waals surface area contributed by atoms with E-state index in [1.807, 2.05) is 0 Å². The van der Waals surface area contributed by atoms with Crippen molar-refractivity contribution >= 4 is 5.91 Å². The second-order valence-corrected chi connectivity index (χ2v) is 5.32. The number of hydrogen-bond donors (Lipinski definition) is 1. The molecule has 0 radical (unpaired) electrons. The van der Waals surface area contributed by atoms with Crippen molar-refractivity contribution in [2.75, 3.05) is 6.54 Å². The second-order valence-electron chi connectivity index (χ2n) is 5.32. The van der Waals surface area contributed by atoms with Crippen LogP contribution in [0.1, 0.15) is 21.8 Å². The average molecular weight is 362 g/mol. The zero-order valence-electron chi connectivity index (χ0n) is 13.3. The summed E-state index contributed by atoms with van der Waals surface area (Å²) < 4.78 is 43.0. The van der Waals surface area contributed by atoms with Crippen molar-refractivity contribution in [2.45, 2.75) is 12.6 Å². The molecule has 2 heterocycles. The molecule has 0 saturated carbocycles. The van der Waals surface area contributed by atoms with Crippen molar-refractivity contribution in [1.29, 1.82) is 0 Å². The summed E-state index contributed by atoms with van der Waals surface area (Å²) in [4.78, 5) is 15.9. The van der Waals surface area contributed by atoms with Crippen molar-refractivity contribution in [1.82, 2.24) is 20.5 Å². The van der Waals surface area contributed by atoms with Gasteiger partial charge in [-0.2, -0.15) is 13.2 Å². The molecule has 0 atom stereocenters. The molecule has 3 rings (SSSR count). The highest BCUT2D eigenvalue weighted by Crippen LogP contribution is 2.29. The molecule has 1 N–H and O–H groups in total. The van der Waals surface area contributed by atoms with Gasteiger partial charge >= 0.3 is 6.18 Å². The van der Waals surface area contributed by atoms with Crippen LogP contribution in [0.3, 0.4) is 0 Å². The van der Waals surface area contributed by atoms with Crippen molar-refractivity contribution in [3.63, 3.8) is 0 Å². The Bertz CT molecular complexity index is 877. The number of nitrogens with one attached hydrogen (secondary N) is 1. The smallest absolute Gasteiger partial charge is 0.416 e. The van der Waals surface area contributed by atoms with E-state index in [0.29, 0.717) is 18.2 Å². The van der Waals surface area contributed by atoms with E-state index in [0.717, 1.165) is 29.8 Å². The highest BCUT2D eigenvalue weighted by Gasteiger charge is 2.30. The molecule has 6 nitrogen and oxygen atoms in total. The van der Waals surface area contributed by atoms with Gasteiger partial charge in [0.2, 0.25) is 11.8 Å². The zero-order chi connectivity index (χ0) is 18.6. The lowest BCUT2D eigenvalue weighted by Crippen LogP contribution is -2.25. The Morgan fingerprint density at radius 3 is 2.38 bits per heavy atom. The summed E-state index contributed by atoms with van der Waals surface area (Å²) in [6.07, 6.45) is -0.934. The molecule has 0 spiro atoms. The summed E-state index contributed by atoms with van der Waals surface area (Å²) in [6.45, 7) is 0.206. The maximum atomic E-state index is 12.5. The van der Waals surface area contributed by atoms with Crippen LogP contribution in [-0.2, 0) is 12.6 Å². The highest BCUT2D eigenvalue weighted by molar-refractivity contribution is 5.94. The lowest BCUT2D eigenvalue weighted by atomic mass is 10.1. The van der Waals surface area contributed by atoms with Crippen molar-refractivity contribution in [3.05, 3.63) is 65.8 Å². The van der Waals surface area contributed by atoms with Crippen molar-refractivity contribution in [2.24, 2.45) is 0 Å². The summed E-state index contributed by atoms with van der Waals surface area (Å²) in [6, 6.07) is 7.45. The van der Waals surface area contributed by atoms with E-state index in [4.69, 9.17) is 4.42 Å².